The highest BCUT2D eigenvalue weighted by atomic mass is 16.5. The number of ether oxygens (including phenoxy) is 2. The second-order valence-electron chi connectivity index (χ2n) is 9.38. The van der Waals surface area contributed by atoms with Crippen LogP contribution in [0.1, 0.15) is 57.9 Å². The molecule has 0 bridgehead atoms. The number of hydrogen-bond donors (Lipinski definition) is 1. The van der Waals surface area contributed by atoms with Crippen molar-refractivity contribution in [1.82, 2.24) is 15.1 Å². The number of hydrogen-bond acceptors (Lipinski definition) is 5. The fourth-order valence-corrected chi connectivity index (χ4v) is 5.27. The largest absolute Gasteiger partial charge is 0.493 e. The molecule has 0 saturated carbocycles. The number of nitrogens with zero attached hydrogens (tertiary/aromatic N) is 2. The van der Waals surface area contributed by atoms with E-state index in [1.54, 1.807) is 14.2 Å². The molecule has 0 aromatic heterocycles. The number of benzene rings is 1. The van der Waals surface area contributed by atoms with Crippen LogP contribution in [-0.2, 0) is 20.8 Å². The Labute approximate surface area is 202 Å². The Kier molecular flexibility index (Phi) is 8.80. The van der Waals surface area contributed by atoms with Gasteiger partial charge in [-0.2, -0.15) is 0 Å². The standard InChI is InChI=1S/C26H39N3O5/c1-5-28(6-2)25(32)20-8-7-15-29(18-20)24(31)12-14-26(13-11-23(30)27-26)17-19-9-10-21(33-3)22(16-19)34-4/h9-10,16,20H,5-8,11-15,17-18H2,1-4H3,(H,27,30)/t20-,26-/m1/s1. The molecule has 3 rings (SSSR count). The molecule has 3 amide bonds. The molecule has 0 unspecified atom stereocenters. The molecule has 8 heteroatoms. The Bertz CT molecular complexity index is 885. The van der Waals surface area contributed by atoms with E-state index in [-0.39, 0.29) is 23.6 Å². The maximum Gasteiger partial charge on any atom is 0.227 e. The summed E-state index contributed by atoms with van der Waals surface area (Å²) in [4.78, 5) is 41.8. The molecule has 2 heterocycles. The van der Waals surface area contributed by atoms with Crippen molar-refractivity contribution >= 4 is 17.7 Å². The number of carbonyl (C=O) groups is 3. The molecular formula is C26H39N3O5. The van der Waals surface area contributed by atoms with Crippen molar-refractivity contribution in [3.8, 4) is 11.5 Å². The van der Waals surface area contributed by atoms with E-state index in [1.165, 1.54) is 0 Å². The van der Waals surface area contributed by atoms with Gasteiger partial charge < -0.3 is 24.6 Å². The van der Waals surface area contributed by atoms with Crippen molar-refractivity contribution < 1.29 is 23.9 Å². The third kappa shape index (κ3) is 6.02. The normalized spacial score (nSPS) is 22.3. The van der Waals surface area contributed by atoms with Gasteiger partial charge in [-0.25, -0.2) is 0 Å². The lowest BCUT2D eigenvalue weighted by molar-refractivity contribution is -0.141. The van der Waals surface area contributed by atoms with Gasteiger partial charge in [-0.15, -0.1) is 0 Å². The third-order valence-corrected chi connectivity index (χ3v) is 7.24. The summed E-state index contributed by atoms with van der Waals surface area (Å²) < 4.78 is 10.8. The highest BCUT2D eigenvalue weighted by molar-refractivity contribution is 5.82. The van der Waals surface area contributed by atoms with Crippen LogP contribution in [0.25, 0.3) is 0 Å². The number of rotatable bonds is 10. The van der Waals surface area contributed by atoms with Crippen LogP contribution >= 0.6 is 0 Å². The number of methoxy groups -OCH3 is 2. The highest BCUT2D eigenvalue weighted by Gasteiger charge is 2.39. The molecule has 2 fully saturated rings. The first-order chi connectivity index (χ1) is 16.3. The summed E-state index contributed by atoms with van der Waals surface area (Å²) in [6, 6.07) is 5.77. The lowest BCUT2D eigenvalue weighted by atomic mass is 9.84. The minimum Gasteiger partial charge on any atom is -0.493 e. The Morgan fingerprint density at radius 3 is 2.53 bits per heavy atom. The Morgan fingerprint density at radius 2 is 1.91 bits per heavy atom. The molecule has 188 valence electrons. The van der Waals surface area contributed by atoms with E-state index in [0.29, 0.717) is 69.8 Å². The summed E-state index contributed by atoms with van der Waals surface area (Å²) in [6.07, 6.45) is 4.36. The monoisotopic (exact) mass is 473 g/mol. The number of piperidine rings is 1. The van der Waals surface area contributed by atoms with Crippen molar-refractivity contribution in [2.24, 2.45) is 5.92 Å². The smallest absolute Gasteiger partial charge is 0.227 e. The summed E-state index contributed by atoms with van der Waals surface area (Å²) >= 11 is 0. The van der Waals surface area contributed by atoms with Crippen LogP contribution in [0.15, 0.2) is 18.2 Å². The van der Waals surface area contributed by atoms with Gasteiger partial charge in [0, 0.05) is 44.6 Å². The minimum absolute atomic E-state index is 0.0239. The molecule has 1 N–H and O–H groups in total. The van der Waals surface area contributed by atoms with E-state index in [4.69, 9.17) is 9.47 Å². The Morgan fingerprint density at radius 1 is 1.18 bits per heavy atom. The molecule has 2 saturated heterocycles. The van der Waals surface area contributed by atoms with E-state index >= 15 is 0 Å². The molecule has 1 aromatic rings. The van der Waals surface area contributed by atoms with Crippen LogP contribution in [0, 0.1) is 5.92 Å². The first-order valence-corrected chi connectivity index (χ1v) is 12.4. The number of likely N-dealkylation sites (tertiary alicyclic amines) is 1. The summed E-state index contributed by atoms with van der Waals surface area (Å²) in [5.41, 5.74) is 0.564. The van der Waals surface area contributed by atoms with Gasteiger partial charge in [0.2, 0.25) is 17.7 Å². The van der Waals surface area contributed by atoms with Crippen LogP contribution in [-0.4, -0.2) is 73.5 Å². The maximum absolute atomic E-state index is 13.1. The number of amides is 3. The summed E-state index contributed by atoms with van der Waals surface area (Å²) in [5, 5.41) is 3.15. The van der Waals surface area contributed by atoms with Crippen molar-refractivity contribution in [1.29, 1.82) is 0 Å². The molecule has 2 atom stereocenters. The fourth-order valence-electron chi connectivity index (χ4n) is 5.27. The van der Waals surface area contributed by atoms with Crippen molar-refractivity contribution in [3.63, 3.8) is 0 Å². The van der Waals surface area contributed by atoms with Crippen LogP contribution in [0.3, 0.4) is 0 Å². The van der Waals surface area contributed by atoms with Gasteiger partial charge >= 0.3 is 0 Å². The third-order valence-electron chi connectivity index (χ3n) is 7.24. The zero-order valence-corrected chi connectivity index (χ0v) is 21.0. The van der Waals surface area contributed by atoms with E-state index in [2.05, 4.69) is 5.32 Å². The number of nitrogens with one attached hydrogen (secondary N) is 1. The topological polar surface area (TPSA) is 88.2 Å². The zero-order valence-electron chi connectivity index (χ0n) is 21.0. The van der Waals surface area contributed by atoms with Gasteiger partial charge in [0.1, 0.15) is 0 Å². The predicted molar refractivity (Wildman–Crippen MR) is 130 cm³/mol. The minimum atomic E-state index is -0.460. The Balaban J connectivity index is 1.65. The van der Waals surface area contributed by atoms with Crippen molar-refractivity contribution in [2.45, 2.75) is 64.3 Å². The molecule has 2 aliphatic heterocycles. The second kappa shape index (κ2) is 11.6. The van der Waals surface area contributed by atoms with E-state index in [9.17, 15) is 14.4 Å². The van der Waals surface area contributed by atoms with Crippen LogP contribution < -0.4 is 14.8 Å². The number of carbonyl (C=O) groups excluding carboxylic acids is 3. The van der Waals surface area contributed by atoms with Gasteiger partial charge in [0.25, 0.3) is 0 Å². The van der Waals surface area contributed by atoms with Gasteiger partial charge in [0.15, 0.2) is 11.5 Å². The van der Waals surface area contributed by atoms with Crippen LogP contribution in [0.5, 0.6) is 11.5 Å². The molecule has 2 aliphatic rings. The van der Waals surface area contributed by atoms with Gasteiger partial charge in [-0.1, -0.05) is 6.07 Å². The predicted octanol–water partition coefficient (Wildman–Crippen LogP) is 2.78. The first-order valence-electron chi connectivity index (χ1n) is 12.4. The van der Waals surface area contributed by atoms with Crippen LogP contribution in [0.2, 0.25) is 0 Å². The summed E-state index contributed by atoms with van der Waals surface area (Å²) in [6.45, 7) is 6.54. The lowest BCUT2D eigenvalue weighted by Crippen LogP contribution is -2.48. The van der Waals surface area contributed by atoms with Gasteiger partial charge in [0.05, 0.1) is 20.1 Å². The van der Waals surface area contributed by atoms with Crippen molar-refractivity contribution in [3.05, 3.63) is 23.8 Å². The average Bonchev–Trinajstić information content (AvgIpc) is 3.23. The molecule has 34 heavy (non-hydrogen) atoms. The molecule has 0 radical (unpaired) electrons. The zero-order chi connectivity index (χ0) is 24.7. The highest BCUT2D eigenvalue weighted by Crippen LogP contribution is 2.34. The van der Waals surface area contributed by atoms with E-state index in [1.807, 2.05) is 41.8 Å². The van der Waals surface area contributed by atoms with E-state index in [0.717, 1.165) is 18.4 Å². The van der Waals surface area contributed by atoms with Gasteiger partial charge in [-0.3, -0.25) is 14.4 Å². The molecular weight excluding hydrogens is 434 g/mol. The second-order valence-corrected chi connectivity index (χ2v) is 9.38. The first kappa shape index (κ1) is 25.8. The van der Waals surface area contributed by atoms with E-state index < -0.39 is 5.54 Å². The maximum atomic E-state index is 13.1. The Hall–Kier alpha value is -2.77. The molecule has 0 aliphatic carbocycles. The molecule has 8 nitrogen and oxygen atoms in total. The van der Waals surface area contributed by atoms with Gasteiger partial charge in [-0.05, 0) is 63.6 Å². The SMILES string of the molecule is CCN(CC)C(=O)[C@@H]1CCCN(C(=O)CC[C@@]2(Cc3ccc(OC)c(OC)c3)CCC(=O)N2)C1. The summed E-state index contributed by atoms with van der Waals surface area (Å²) in [5.74, 6) is 1.42. The average molecular weight is 474 g/mol. The summed E-state index contributed by atoms with van der Waals surface area (Å²) in [7, 11) is 3.20. The molecule has 0 spiro atoms. The quantitative estimate of drug-likeness (QED) is 0.565. The van der Waals surface area contributed by atoms with Crippen LogP contribution in [0.4, 0.5) is 0 Å². The fraction of sp³-hybridized carbons (Fsp3) is 0.654. The lowest BCUT2D eigenvalue weighted by Gasteiger charge is -2.35. The van der Waals surface area contributed by atoms with Crippen molar-refractivity contribution in [2.75, 3.05) is 40.4 Å². The molecule has 1 aromatic carbocycles.